The molecule has 1 amide bonds. The summed E-state index contributed by atoms with van der Waals surface area (Å²) >= 11 is 6.95. The van der Waals surface area contributed by atoms with Crippen molar-refractivity contribution in [3.63, 3.8) is 0 Å². The van der Waals surface area contributed by atoms with Gasteiger partial charge in [0.1, 0.15) is 4.21 Å². The number of rotatable bonds is 5. The number of nitrogens with zero attached hydrogens (tertiary/aromatic N) is 4. The third-order valence-corrected chi connectivity index (χ3v) is 9.79. The second-order valence-corrected chi connectivity index (χ2v) is 12.3. The molecule has 2 aromatic rings. The van der Waals surface area contributed by atoms with Gasteiger partial charge in [0.15, 0.2) is 0 Å². The Hall–Kier alpha value is -1.65. The molecule has 7 nitrogen and oxygen atoms in total. The molecular weight excluding hydrogens is 468 g/mol. The fraction of sp³-hybridized carbons (Fsp3) is 0.500. The minimum atomic E-state index is -3.56. The molecule has 2 aliphatic heterocycles. The molecule has 2 aliphatic rings. The molecule has 4 rings (SSSR count). The van der Waals surface area contributed by atoms with Gasteiger partial charge in [-0.05, 0) is 50.2 Å². The Morgan fingerprint density at radius 1 is 0.906 bits per heavy atom. The minimum Gasteiger partial charge on any atom is -0.369 e. The molecule has 0 saturated carbocycles. The lowest BCUT2D eigenvalue weighted by atomic mass is 10.1. The number of anilines is 1. The summed E-state index contributed by atoms with van der Waals surface area (Å²) in [6, 6.07) is 11.5. The van der Waals surface area contributed by atoms with Gasteiger partial charge in [-0.1, -0.05) is 11.6 Å². The normalized spacial score (nSPS) is 19.0. The van der Waals surface area contributed by atoms with Crippen LogP contribution in [0, 0.1) is 0 Å². The molecule has 10 heteroatoms. The highest BCUT2D eigenvalue weighted by Gasteiger charge is 2.31. The largest absolute Gasteiger partial charge is 0.369 e. The molecule has 32 heavy (non-hydrogen) atoms. The summed E-state index contributed by atoms with van der Waals surface area (Å²) in [7, 11) is -3.56. The zero-order valence-corrected chi connectivity index (χ0v) is 20.8. The lowest BCUT2D eigenvalue weighted by molar-refractivity contribution is 0.0698. The first-order valence-corrected chi connectivity index (χ1v) is 13.5. The van der Waals surface area contributed by atoms with E-state index in [1.54, 1.807) is 11.0 Å². The summed E-state index contributed by atoms with van der Waals surface area (Å²) in [5.74, 6) is -0.0580. The van der Waals surface area contributed by atoms with E-state index in [4.69, 9.17) is 11.6 Å². The molecule has 174 valence electrons. The third-order valence-electron chi connectivity index (χ3n) is 6.19. The number of piperazine rings is 2. The molecule has 2 fully saturated rings. The Bertz CT molecular complexity index is 1040. The van der Waals surface area contributed by atoms with E-state index in [0.717, 1.165) is 43.2 Å². The van der Waals surface area contributed by atoms with Gasteiger partial charge in [-0.15, -0.1) is 11.3 Å². The Morgan fingerprint density at radius 3 is 2.06 bits per heavy atom. The van der Waals surface area contributed by atoms with Crippen LogP contribution in [0.1, 0.15) is 24.2 Å². The fourth-order valence-corrected chi connectivity index (χ4v) is 7.25. The van der Waals surface area contributed by atoms with E-state index in [9.17, 15) is 13.2 Å². The first-order valence-electron chi connectivity index (χ1n) is 10.9. The summed E-state index contributed by atoms with van der Waals surface area (Å²) in [6.07, 6.45) is 0. The number of carbonyl (C=O) groups excluding carboxylic acids is 1. The quantitative estimate of drug-likeness (QED) is 0.636. The van der Waals surface area contributed by atoms with Crippen molar-refractivity contribution in [2.75, 3.05) is 57.3 Å². The van der Waals surface area contributed by atoms with Crippen LogP contribution in [-0.2, 0) is 10.0 Å². The number of hydrogen-bond donors (Lipinski definition) is 0. The minimum absolute atomic E-state index is 0.0580. The van der Waals surface area contributed by atoms with Crippen molar-refractivity contribution in [1.82, 2.24) is 14.1 Å². The van der Waals surface area contributed by atoms with Gasteiger partial charge in [-0.3, -0.25) is 9.69 Å². The number of hydrogen-bond acceptors (Lipinski definition) is 6. The van der Waals surface area contributed by atoms with Crippen molar-refractivity contribution >= 4 is 44.6 Å². The first-order chi connectivity index (χ1) is 15.3. The van der Waals surface area contributed by atoms with Crippen LogP contribution >= 0.6 is 22.9 Å². The van der Waals surface area contributed by atoms with Gasteiger partial charge < -0.3 is 9.80 Å². The lowest BCUT2D eigenvalue weighted by Crippen LogP contribution is -2.50. The number of sulfonamides is 1. The van der Waals surface area contributed by atoms with E-state index in [1.807, 2.05) is 24.3 Å². The zero-order chi connectivity index (χ0) is 22.9. The average molecular weight is 497 g/mol. The van der Waals surface area contributed by atoms with E-state index in [2.05, 4.69) is 23.6 Å². The van der Waals surface area contributed by atoms with Crippen LogP contribution in [0.2, 0.25) is 4.34 Å². The predicted molar refractivity (Wildman–Crippen MR) is 129 cm³/mol. The van der Waals surface area contributed by atoms with Gasteiger partial charge in [0, 0.05) is 69.7 Å². The summed E-state index contributed by atoms with van der Waals surface area (Å²) in [4.78, 5) is 19.5. The molecular formula is C22H29ClN4O3S2. The molecule has 0 aliphatic carbocycles. The molecule has 0 radical (unpaired) electrons. The maximum atomic E-state index is 13.0. The topological polar surface area (TPSA) is 64.2 Å². The van der Waals surface area contributed by atoms with Crippen LogP contribution in [0.25, 0.3) is 0 Å². The van der Waals surface area contributed by atoms with Crippen molar-refractivity contribution in [1.29, 1.82) is 0 Å². The molecule has 0 bridgehead atoms. The SMILES string of the molecule is CC(C)N1CCN(c2ccc(C(=O)N3CCN(S(=O)(=O)c4ccc(Cl)s4)CC3)cc2)CC1. The summed E-state index contributed by atoms with van der Waals surface area (Å²) < 4.78 is 27.6. The maximum absolute atomic E-state index is 13.0. The van der Waals surface area contributed by atoms with Gasteiger partial charge in [-0.2, -0.15) is 4.31 Å². The predicted octanol–water partition coefficient (Wildman–Crippen LogP) is 3.08. The molecule has 1 aromatic heterocycles. The molecule has 2 saturated heterocycles. The van der Waals surface area contributed by atoms with E-state index in [-0.39, 0.29) is 23.2 Å². The second kappa shape index (κ2) is 9.69. The summed E-state index contributed by atoms with van der Waals surface area (Å²) in [6.45, 7) is 9.81. The molecule has 0 spiro atoms. The molecule has 3 heterocycles. The number of benzene rings is 1. The molecule has 0 atom stereocenters. The summed E-state index contributed by atoms with van der Waals surface area (Å²) in [5.41, 5.74) is 1.77. The Morgan fingerprint density at radius 2 is 1.53 bits per heavy atom. The smallest absolute Gasteiger partial charge is 0.253 e. The highest BCUT2D eigenvalue weighted by atomic mass is 35.5. The van der Waals surface area contributed by atoms with Gasteiger partial charge in [0.2, 0.25) is 0 Å². The van der Waals surface area contributed by atoms with Gasteiger partial charge >= 0.3 is 0 Å². The molecule has 0 N–H and O–H groups in total. The second-order valence-electron chi connectivity index (χ2n) is 8.42. The van der Waals surface area contributed by atoms with Crippen molar-refractivity contribution in [2.45, 2.75) is 24.1 Å². The van der Waals surface area contributed by atoms with Crippen LogP contribution in [0.4, 0.5) is 5.69 Å². The van der Waals surface area contributed by atoms with Crippen LogP contribution in [0.3, 0.4) is 0 Å². The van der Waals surface area contributed by atoms with E-state index >= 15 is 0 Å². The number of halogens is 1. The fourth-order valence-electron chi connectivity index (χ4n) is 4.19. The van der Waals surface area contributed by atoms with Gasteiger partial charge in [0.25, 0.3) is 15.9 Å². The van der Waals surface area contributed by atoms with Gasteiger partial charge in [0.05, 0.1) is 4.34 Å². The molecule has 1 aromatic carbocycles. The van der Waals surface area contributed by atoms with Crippen LogP contribution in [0.5, 0.6) is 0 Å². The number of carbonyl (C=O) groups is 1. The average Bonchev–Trinajstić information content (AvgIpc) is 3.26. The van der Waals surface area contributed by atoms with Crippen molar-refractivity contribution in [3.8, 4) is 0 Å². The Kier molecular flexibility index (Phi) is 7.11. The highest BCUT2D eigenvalue weighted by Crippen LogP contribution is 2.29. The van der Waals surface area contributed by atoms with E-state index in [0.29, 0.717) is 29.0 Å². The number of thiophene rings is 1. The highest BCUT2D eigenvalue weighted by molar-refractivity contribution is 7.91. The first kappa shape index (κ1) is 23.5. The third kappa shape index (κ3) is 4.97. The standard InChI is InChI=1S/C22H29ClN4O3S2/c1-17(2)24-9-11-25(12-10-24)19-5-3-18(4-6-19)22(28)26-13-15-27(16-14-26)32(29,30)21-8-7-20(23)31-21/h3-8,17H,9-16H2,1-2H3. The lowest BCUT2D eigenvalue weighted by Gasteiger charge is -2.38. The monoisotopic (exact) mass is 496 g/mol. The Balaban J connectivity index is 1.33. The van der Waals surface area contributed by atoms with Crippen LogP contribution in [-0.4, -0.2) is 86.8 Å². The van der Waals surface area contributed by atoms with Crippen LogP contribution < -0.4 is 4.90 Å². The van der Waals surface area contributed by atoms with E-state index in [1.165, 1.54) is 10.4 Å². The van der Waals surface area contributed by atoms with Crippen molar-refractivity contribution < 1.29 is 13.2 Å². The number of amides is 1. The van der Waals surface area contributed by atoms with Crippen LogP contribution in [0.15, 0.2) is 40.6 Å². The van der Waals surface area contributed by atoms with Gasteiger partial charge in [-0.25, -0.2) is 8.42 Å². The summed E-state index contributed by atoms with van der Waals surface area (Å²) in [5, 5.41) is 0. The van der Waals surface area contributed by atoms with Crippen molar-refractivity contribution in [3.05, 3.63) is 46.3 Å². The maximum Gasteiger partial charge on any atom is 0.253 e. The van der Waals surface area contributed by atoms with E-state index < -0.39 is 10.0 Å². The zero-order valence-electron chi connectivity index (χ0n) is 18.4. The molecule has 0 unspecified atom stereocenters. The Labute approximate surface area is 199 Å². The van der Waals surface area contributed by atoms with Crippen molar-refractivity contribution in [2.24, 2.45) is 0 Å².